The molecule has 2 fully saturated rings. The molecule has 3 heterocycles. The van der Waals surface area contributed by atoms with Crippen molar-refractivity contribution < 1.29 is 19.0 Å². The first-order chi connectivity index (χ1) is 10.8. The van der Waals surface area contributed by atoms with Gasteiger partial charge in [0.25, 0.3) is 5.91 Å². The second-order valence-electron chi connectivity index (χ2n) is 5.80. The van der Waals surface area contributed by atoms with Gasteiger partial charge in [-0.05, 0) is 12.1 Å². The molecule has 0 bridgehead atoms. The van der Waals surface area contributed by atoms with E-state index in [1.54, 1.807) is 0 Å². The Kier molecular flexibility index (Phi) is 3.66. The Morgan fingerprint density at radius 2 is 2.00 bits per heavy atom. The summed E-state index contributed by atoms with van der Waals surface area (Å²) in [6, 6.07) is 7.47. The van der Waals surface area contributed by atoms with E-state index in [1.807, 2.05) is 40.9 Å². The Labute approximate surface area is 133 Å². The third-order valence-corrected chi connectivity index (χ3v) is 5.86. The zero-order valence-corrected chi connectivity index (χ0v) is 13.1. The van der Waals surface area contributed by atoms with Gasteiger partial charge in [0.1, 0.15) is 11.5 Å². The number of thioether (sulfide) groups is 1. The second-order valence-corrected chi connectivity index (χ2v) is 7.24. The highest BCUT2D eigenvalue weighted by atomic mass is 32.2. The summed E-state index contributed by atoms with van der Waals surface area (Å²) in [5, 5.41) is 0. The summed E-state index contributed by atoms with van der Waals surface area (Å²) in [5.74, 6) is 2.44. The van der Waals surface area contributed by atoms with E-state index < -0.39 is 6.10 Å². The molecule has 3 aliphatic heterocycles. The summed E-state index contributed by atoms with van der Waals surface area (Å²) in [5.41, 5.74) is 0. The monoisotopic (exact) mass is 321 g/mol. The summed E-state index contributed by atoms with van der Waals surface area (Å²) in [6.45, 7) is 2.57. The largest absolute Gasteiger partial charge is 0.485 e. The number of rotatable bonds is 1. The average molecular weight is 321 g/mol. The molecule has 5 nitrogen and oxygen atoms in total. The number of benzene rings is 1. The Balaban J connectivity index is 1.39. The van der Waals surface area contributed by atoms with E-state index in [0.29, 0.717) is 11.5 Å². The Hall–Kier alpha value is -1.40. The highest BCUT2D eigenvalue weighted by molar-refractivity contribution is 8.00. The third kappa shape index (κ3) is 2.54. The number of hydrogen-bond donors (Lipinski definition) is 0. The molecule has 0 aliphatic carbocycles. The van der Waals surface area contributed by atoms with Gasteiger partial charge in [0.2, 0.25) is 6.10 Å². The van der Waals surface area contributed by atoms with Crippen LogP contribution in [-0.2, 0) is 9.53 Å². The number of amides is 1. The minimum absolute atomic E-state index is 0.0207. The van der Waals surface area contributed by atoms with Crippen molar-refractivity contribution >= 4 is 17.7 Å². The van der Waals surface area contributed by atoms with Gasteiger partial charge in [0.15, 0.2) is 11.5 Å². The number of para-hydroxylation sites is 2. The number of likely N-dealkylation sites (tertiary alicyclic amines) is 1. The predicted molar refractivity (Wildman–Crippen MR) is 83.3 cm³/mol. The lowest BCUT2D eigenvalue weighted by Gasteiger charge is -2.39. The third-order valence-electron chi connectivity index (χ3n) is 4.43. The molecular weight excluding hydrogens is 302 g/mol. The topological polar surface area (TPSA) is 48.0 Å². The summed E-state index contributed by atoms with van der Waals surface area (Å²) in [6.07, 6.45) is 1.25. The number of hydrogen-bond acceptors (Lipinski definition) is 5. The van der Waals surface area contributed by atoms with Crippen molar-refractivity contribution in [2.75, 3.05) is 32.1 Å². The molecule has 0 radical (unpaired) electrons. The molecule has 1 aromatic carbocycles. The standard InChI is InChI=1S/C16H19NO4S/c18-15(14-11-19-12-3-1-2-4-13(12)21-14)17-7-5-16(6-8-17)20-9-10-22-16/h1-4,14H,5-11H2/t14-/m0/s1. The van der Waals surface area contributed by atoms with Gasteiger partial charge in [0.05, 0.1) is 6.61 Å². The predicted octanol–water partition coefficient (Wildman–Crippen LogP) is 1.91. The lowest BCUT2D eigenvalue weighted by atomic mass is 10.1. The number of nitrogens with zero attached hydrogens (tertiary/aromatic N) is 1. The number of piperidine rings is 1. The van der Waals surface area contributed by atoms with Crippen LogP contribution in [0, 0.1) is 0 Å². The normalized spacial score (nSPS) is 26.2. The molecule has 0 unspecified atom stereocenters. The van der Waals surface area contributed by atoms with Gasteiger partial charge in [-0.3, -0.25) is 4.79 Å². The number of carbonyl (C=O) groups excluding carboxylic acids is 1. The van der Waals surface area contributed by atoms with E-state index in [4.69, 9.17) is 14.2 Å². The van der Waals surface area contributed by atoms with Gasteiger partial charge in [0, 0.05) is 31.7 Å². The minimum Gasteiger partial charge on any atom is -0.485 e. The lowest BCUT2D eigenvalue weighted by Crippen LogP contribution is -2.51. The molecule has 2 saturated heterocycles. The first kappa shape index (κ1) is 14.2. The molecule has 1 aromatic rings. The average Bonchev–Trinajstić information content (AvgIpc) is 3.02. The van der Waals surface area contributed by atoms with Crippen LogP contribution in [0.15, 0.2) is 24.3 Å². The van der Waals surface area contributed by atoms with E-state index in [0.717, 1.165) is 38.3 Å². The summed E-state index contributed by atoms with van der Waals surface area (Å²) >= 11 is 1.89. The van der Waals surface area contributed by atoms with Crippen LogP contribution in [0.1, 0.15) is 12.8 Å². The van der Waals surface area contributed by atoms with Crippen molar-refractivity contribution in [2.45, 2.75) is 23.9 Å². The fourth-order valence-electron chi connectivity index (χ4n) is 3.20. The summed E-state index contributed by atoms with van der Waals surface area (Å²) in [7, 11) is 0. The van der Waals surface area contributed by atoms with Gasteiger partial charge in [-0.1, -0.05) is 12.1 Å². The molecule has 0 aromatic heterocycles. The fraction of sp³-hybridized carbons (Fsp3) is 0.562. The molecular formula is C16H19NO4S. The van der Waals surface area contributed by atoms with Crippen LogP contribution in [0.2, 0.25) is 0 Å². The van der Waals surface area contributed by atoms with Crippen LogP contribution in [0.25, 0.3) is 0 Å². The van der Waals surface area contributed by atoms with Crippen molar-refractivity contribution in [3.05, 3.63) is 24.3 Å². The lowest BCUT2D eigenvalue weighted by molar-refractivity contribution is -0.144. The smallest absolute Gasteiger partial charge is 0.267 e. The SMILES string of the molecule is O=C([C@@H]1COc2ccccc2O1)N1CCC2(CC1)OCCS2. The number of fused-ring (bicyclic) bond motifs is 1. The summed E-state index contributed by atoms with van der Waals surface area (Å²) < 4.78 is 17.3. The molecule has 0 saturated carbocycles. The molecule has 4 rings (SSSR count). The fourth-order valence-corrected chi connectivity index (χ4v) is 4.37. The molecule has 0 N–H and O–H groups in total. The number of ether oxygens (including phenoxy) is 3. The van der Waals surface area contributed by atoms with E-state index in [2.05, 4.69) is 0 Å². The van der Waals surface area contributed by atoms with Gasteiger partial charge >= 0.3 is 0 Å². The zero-order valence-electron chi connectivity index (χ0n) is 12.3. The quantitative estimate of drug-likeness (QED) is 0.791. The highest BCUT2D eigenvalue weighted by Gasteiger charge is 2.42. The molecule has 1 amide bonds. The molecule has 118 valence electrons. The van der Waals surface area contributed by atoms with Gasteiger partial charge < -0.3 is 19.1 Å². The zero-order chi connectivity index (χ0) is 15.0. The van der Waals surface area contributed by atoms with E-state index in [1.165, 1.54) is 0 Å². The van der Waals surface area contributed by atoms with Crippen molar-refractivity contribution in [3.63, 3.8) is 0 Å². The van der Waals surface area contributed by atoms with E-state index >= 15 is 0 Å². The number of carbonyl (C=O) groups is 1. The van der Waals surface area contributed by atoms with Crippen molar-refractivity contribution in [3.8, 4) is 11.5 Å². The van der Waals surface area contributed by atoms with E-state index in [-0.39, 0.29) is 17.4 Å². The Bertz CT molecular complexity index is 563. The molecule has 6 heteroatoms. The first-order valence-electron chi connectivity index (χ1n) is 7.71. The van der Waals surface area contributed by atoms with Gasteiger partial charge in [-0.2, -0.15) is 0 Å². The van der Waals surface area contributed by atoms with Crippen molar-refractivity contribution in [2.24, 2.45) is 0 Å². The van der Waals surface area contributed by atoms with Crippen molar-refractivity contribution in [1.82, 2.24) is 4.90 Å². The maximum Gasteiger partial charge on any atom is 0.267 e. The maximum atomic E-state index is 12.6. The Morgan fingerprint density at radius 3 is 2.73 bits per heavy atom. The van der Waals surface area contributed by atoms with Crippen LogP contribution >= 0.6 is 11.8 Å². The van der Waals surface area contributed by atoms with Crippen LogP contribution in [0.5, 0.6) is 11.5 Å². The first-order valence-corrected chi connectivity index (χ1v) is 8.70. The van der Waals surface area contributed by atoms with Crippen molar-refractivity contribution in [1.29, 1.82) is 0 Å². The second kappa shape index (κ2) is 5.66. The Morgan fingerprint density at radius 1 is 1.23 bits per heavy atom. The van der Waals surface area contributed by atoms with Crippen LogP contribution in [-0.4, -0.2) is 53.9 Å². The minimum atomic E-state index is -0.541. The summed E-state index contributed by atoms with van der Waals surface area (Å²) in [4.78, 5) is 14.5. The molecule has 1 spiro atoms. The maximum absolute atomic E-state index is 12.6. The molecule has 1 atom stereocenters. The molecule has 3 aliphatic rings. The van der Waals surface area contributed by atoms with Crippen LogP contribution < -0.4 is 9.47 Å². The van der Waals surface area contributed by atoms with Crippen LogP contribution in [0.3, 0.4) is 0 Å². The van der Waals surface area contributed by atoms with E-state index in [9.17, 15) is 4.79 Å². The molecule has 22 heavy (non-hydrogen) atoms. The van der Waals surface area contributed by atoms with Crippen LogP contribution in [0.4, 0.5) is 0 Å². The van der Waals surface area contributed by atoms with Gasteiger partial charge in [-0.25, -0.2) is 0 Å². The van der Waals surface area contributed by atoms with Gasteiger partial charge in [-0.15, -0.1) is 11.8 Å². The highest BCUT2D eigenvalue weighted by Crippen LogP contribution is 2.41.